The molecule has 4 aromatic rings. The molecular formula is C22H15F2N3O. The van der Waals surface area contributed by atoms with Crippen molar-refractivity contribution in [3.05, 3.63) is 83.2 Å². The molecule has 5 rings (SSSR count). The Morgan fingerprint density at radius 2 is 1.82 bits per heavy atom. The van der Waals surface area contributed by atoms with Gasteiger partial charge in [-0.25, -0.2) is 13.8 Å². The van der Waals surface area contributed by atoms with Crippen LogP contribution in [0.3, 0.4) is 0 Å². The molecule has 138 valence electrons. The minimum atomic E-state index is -2.68. The number of nitrogens with one attached hydrogen (secondary N) is 2. The first-order valence-electron chi connectivity index (χ1n) is 8.89. The molecule has 1 amide bonds. The fraction of sp³-hybridized carbons (Fsp3) is 0.0909. The van der Waals surface area contributed by atoms with Crippen molar-refractivity contribution in [1.29, 1.82) is 0 Å². The lowest BCUT2D eigenvalue weighted by atomic mass is 10.1. The maximum atomic E-state index is 12.8. The van der Waals surface area contributed by atoms with E-state index in [4.69, 9.17) is 0 Å². The van der Waals surface area contributed by atoms with Gasteiger partial charge >= 0.3 is 0 Å². The maximum absolute atomic E-state index is 12.8. The lowest BCUT2D eigenvalue weighted by Crippen LogP contribution is -2.11. The van der Waals surface area contributed by atoms with Gasteiger partial charge in [-0.1, -0.05) is 30.3 Å². The number of alkyl halides is 2. The first-order valence-corrected chi connectivity index (χ1v) is 8.89. The molecular weight excluding hydrogens is 360 g/mol. The number of aromatic amines is 1. The van der Waals surface area contributed by atoms with Gasteiger partial charge in [0.25, 0.3) is 12.3 Å². The normalized spacial score (nSPS) is 12.2. The van der Waals surface area contributed by atoms with Gasteiger partial charge in [-0.3, -0.25) is 4.79 Å². The molecule has 0 atom stereocenters. The van der Waals surface area contributed by atoms with E-state index >= 15 is 0 Å². The molecule has 0 saturated carbocycles. The molecule has 3 aromatic carbocycles. The summed E-state index contributed by atoms with van der Waals surface area (Å²) in [6.45, 7) is 0. The molecule has 6 heteroatoms. The Labute approximate surface area is 159 Å². The summed E-state index contributed by atoms with van der Waals surface area (Å²) in [5, 5.41) is 2.89. The smallest absolute Gasteiger partial charge is 0.295 e. The third-order valence-electron chi connectivity index (χ3n) is 5.02. The third kappa shape index (κ3) is 2.74. The summed E-state index contributed by atoms with van der Waals surface area (Å²) in [7, 11) is 0. The van der Waals surface area contributed by atoms with Crippen molar-refractivity contribution >= 4 is 22.6 Å². The van der Waals surface area contributed by atoms with Gasteiger partial charge < -0.3 is 10.3 Å². The summed E-state index contributed by atoms with van der Waals surface area (Å²) in [5.41, 5.74) is 6.76. The number of halogens is 2. The molecule has 0 bridgehead atoms. The zero-order chi connectivity index (χ0) is 19.3. The van der Waals surface area contributed by atoms with E-state index in [-0.39, 0.29) is 5.91 Å². The average Bonchev–Trinajstić information content (AvgIpc) is 3.28. The Hall–Kier alpha value is -3.54. The SMILES string of the molecule is O=C(Nc1ccc2c(c1)Cc1ccccc1-2)c1ccc2nc(C(F)F)[nH]c2c1. The molecule has 1 heterocycles. The zero-order valence-corrected chi connectivity index (χ0v) is 14.7. The van der Waals surface area contributed by atoms with Gasteiger partial charge in [-0.15, -0.1) is 0 Å². The molecule has 1 aliphatic carbocycles. The Balaban J connectivity index is 1.40. The minimum absolute atomic E-state index is 0.300. The molecule has 0 radical (unpaired) electrons. The fourth-order valence-electron chi connectivity index (χ4n) is 3.70. The Kier molecular flexibility index (Phi) is 3.72. The zero-order valence-electron chi connectivity index (χ0n) is 14.7. The monoisotopic (exact) mass is 375 g/mol. The second-order valence-corrected chi connectivity index (χ2v) is 6.81. The summed E-state index contributed by atoms with van der Waals surface area (Å²) in [5.74, 6) is -0.698. The van der Waals surface area contributed by atoms with Crippen LogP contribution < -0.4 is 5.32 Å². The molecule has 1 aliphatic rings. The lowest BCUT2D eigenvalue weighted by Gasteiger charge is -2.08. The van der Waals surface area contributed by atoms with E-state index in [1.165, 1.54) is 28.3 Å². The van der Waals surface area contributed by atoms with Crippen LogP contribution in [0.25, 0.3) is 22.2 Å². The van der Waals surface area contributed by atoms with E-state index in [2.05, 4.69) is 27.4 Å². The largest absolute Gasteiger partial charge is 0.337 e. The number of nitrogens with zero attached hydrogens (tertiary/aromatic N) is 1. The number of anilines is 1. The van der Waals surface area contributed by atoms with Gasteiger partial charge in [0.2, 0.25) is 0 Å². The van der Waals surface area contributed by atoms with Crippen molar-refractivity contribution in [1.82, 2.24) is 9.97 Å². The number of hydrogen-bond donors (Lipinski definition) is 2. The quantitative estimate of drug-likeness (QED) is 0.448. The minimum Gasteiger partial charge on any atom is -0.337 e. The predicted octanol–water partition coefficient (Wildman–Crippen LogP) is 5.32. The molecule has 28 heavy (non-hydrogen) atoms. The van der Waals surface area contributed by atoms with Gasteiger partial charge in [-0.05, 0) is 59.0 Å². The number of fused-ring (bicyclic) bond motifs is 4. The van der Waals surface area contributed by atoms with Crippen LogP contribution in [0.4, 0.5) is 14.5 Å². The molecule has 1 aromatic heterocycles. The van der Waals surface area contributed by atoms with E-state index in [1.54, 1.807) is 12.1 Å². The first-order chi connectivity index (χ1) is 13.6. The summed E-state index contributed by atoms with van der Waals surface area (Å²) in [4.78, 5) is 19.0. The van der Waals surface area contributed by atoms with Crippen molar-refractivity contribution in [3.63, 3.8) is 0 Å². The van der Waals surface area contributed by atoms with Gasteiger partial charge in [0.05, 0.1) is 11.0 Å². The van der Waals surface area contributed by atoms with Crippen LogP contribution in [0.2, 0.25) is 0 Å². The third-order valence-corrected chi connectivity index (χ3v) is 5.02. The topological polar surface area (TPSA) is 57.8 Å². The van der Waals surface area contributed by atoms with E-state index in [1.807, 2.05) is 30.3 Å². The summed E-state index contributed by atoms with van der Waals surface area (Å²) in [6.07, 6.45) is -1.84. The number of imidazole rings is 1. The number of amides is 1. The summed E-state index contributed by atoms with van der Waals surface area (Å²) < 4.78 is 25.6. The summed E-state index contributed by atoms with van der Waals surface area (Å²) in [6, 6.07) is 18.8. The molecule has 0 aliphatic heterocycles. The molecule has 0 saturated heterocycles. The van der Waals surface area contributed by atoms with Gasteiger partial charge in [0, 0.05) is 11.3 Å². The van der Waals surface area contributed by atoms with Gasteiger partial charge in [0.15, 0.2) is 5.82 Å². The molecule has 2 N–H and O–H groups in total. The Morgan fingerprint density at radius 3 is 2.68 bits per heavy atom. The van der Waals surface area contributed by atoms with Crippen LogP contribution in [0.15, 0.2) is 60.7 Å². The van der Waals surface area contributed by atoms with E-state index in [9.17, 15) is 13.6 Å². The van der Waals surface area contributed by atoms with Crippen LogP contribution in [-0.2, 0) is 6.42 Å². The molecule has 4 nitrogen and oxygen atoms in total. The van der Waals surface area contributed by atoms with Crippen molar-refractivity contribution < 1.29 is 13.6 Å². The van der Waals surface area contributed by atoms with Gasteiger partial charge in [0.1, 0.15) is 0 Å². The number of hydrogen-bond acceptors (Lipinski definition) is 2. The number of carbonyl (C=O) groups is 1. The van der Waals surface area contributed by atoms with Crippen LogP contribution in [-0.4, -0.2) is 15.9 Å². The summed E-state index contributed by atoms with van der Waals surface area (Å²) >= 11 is 0. The highest BCUT2D eigenvalue weighted by atomic mass is 19.3. The lowest BCUT2D eigenvalue weighted by molar-refractivity contribution is 0.102. The van der Waals surface area contributed by atoms with E-state index < -0.39 is 12.2 Å². The second-order valence-electron chi connectivity index (χ2n) is 6.81. The van der Waals surface area contributed by atoms with Crippen molar-refractivity contribution in [2.75, 3.05) is 5.32 Å². The highest BCUT2D eigenvalue weighted by molar-refractivity contribution is 6.06. The standard InChI is InChI=1S/C22H15F2N3O/c23-20(24)21-26-18-8-5-13(11-19(18)27-21)22(28)25-15-6-7-17-14(10-15)9-12-3-1-2-4-16(12)17/h1-8,10-11,20H,9H2,(H,25,28)(H,26,27). The van der Waals surface area contributed by atoms with Crippen LogP contribution in [0.1, 0.15) is 33.7 Å². The van der Waals surface area contributed by atoms with Crippen LogP contribution in [0, 0.1) is 0 Å². The second kappa shape index (κ2) is 6.27. The van der Waals surface area contributed by atoms with Crippen LogP contribution >= 0.6 is 0 Å². The molecule has 0 fully saturated rings. The Bertz CT molecular complexity index is 1230. The first kappa shape index (κ1) is 16.6. The number of aromatic nitrogens is 2. The maximum Gasteiger partial charge on any atom is 0.295 e. The van der Waals surface area contributed by atoms with Crippen molar-refractivity contribution in [2.24, 2.45) is 0 Å². The average molecular weight is 375 g/mol. The highest BCUT2D eigenvalue weighted by Gasteiger charge is 2.19. The van der Waals surface area contributed by atoms with Crippen molar-refractivity contribution in [3.8, 4) is 11.1 Å². The van der Waals surface area contributed by atoms with E-state index in [0.29, 0.717) is 22.3 Å². The predicted molar refractivity (Wildman–Crippen MR) is 104 cm³/mol. The van der Waals surface area contributed by atoms with Crippen LogP contribution in [0.5, 0.6) is 0 Å². The number of benzene rings is 3. The van der Waals surface area contributed by atoms with Crippen molar-refractivity contribution in [2.45, 2.75) is 12.8 Å². The number of rotatable bonds is 3. The highest BCUT2D eigenvalue weighted by Crippen LogP contribution is 2.37. The fourth-order valence-corrected chi connectivity index (χ4v) is 3.70. The van der Waals surface area contributed by atoms with Gasteiger partial charge in [-0.2, -0.15) is 0 Å². The number of carbonyl (C=O) groups excluding carboxylic acids is 1. The number of H-pyrrole nitrogens is 1. The Morgan fingerprint density at radius 1 is 1.00 bits per heavy atom. The van der Waals surface area contributed by atoms with E-state index in [0.717, 1.165) is 6.42 Å². The molecule has 0 spiro atoms. The molecule has 0 unspecified atom stereocenters.